The fourth-order valence-electron chi connectivity index (χ4n) is 5.92. The Morgan fingerprint density at radius 2 is 1.77 bits per heavy atom. The Hall–Kier alpha value is -4.51. The number of nitrogens with zero attached hydrogens (tertiary/aromatic N) is 2. The average Bonchev–Trinajstić information content (AvgIpc) is 3.55. The number of likely N-dealkylation sites (N-methyl/N-ethyl adjacent to an activating group) is 1. The van der Waals surface area contributed by atoms with Crippen LogP contribution in [0.25, 0.3) is 11.1 Å². The van der Waals surface area contributed by atoms with E-state index in [-0.39, 0.29) is 17.4 Å². The van der Waals surface area contributed by atoms with Crippen LogP contribution in [-0.2, 0) is 11.2 Å². The van der Waals surface area contributed by atoms with Gasteiger partial charge in [0, 0.05) is 35.4 Å². The van der Waals surface area contributed by atoms with Gasteiger partial charge in [-0.05, 0) is 30.7 Å². The lowest BCUT2D eigenvalue weighted by molar-refractivity contribution is -0.729. The highest BCUT2D eigenvalue weighted by Gasteiger charge is 2.47. The Bertz CT molecular complexity index is 1520. The highest BCUT2D eigenvalue weighted by molar-refractivity contribution is 5.98. The molecule has 0 bridgehead atoms. The van der Waals surface area contributed by atoms with Crippen molar-refractivity contribution in [2.24, 2.45) is 0 Å². The molecule has 3 aliphatic rings. The summed E-state index contributed by atoms with van der Waals surface area (Å²) < 4.78 is 34.7. The number of cyclic esters (lactones) is 1. The topological polar surface area (TPSA) is 116 Å². The van der Waals surface area contributed by atoms with Crippen LogP contribution in [0.15, 0.2) is 36.4 Å². The predicted octanol–water partition coefficient (Wildman–Crippen LogP) is 4.35. The van der Waals surface area contributed by atoms with E-state index in [2.05, 4.69) is 4.90 Å². The van der Waals surface area contributed by atoms with Crippen molar-refractivity contribution in [3.05, 3.63) is 63.6 Å². The van der Waals surface area contributed by atoms with Gasteiger partial charge in [-0.25, -0.2) is 10.0 Å². The van der Waals surface area contributed by atoms with Crippen molar-refractivity contribution in [2.75, 3.05) is 41.7 Å². The number of methoxy groups -OCH3 is 3. The molecule has 0 aromatic heterocycles. The van der Waals surface area contributed by atoms with Gasteiger partial charge in [0.05, 0.1) is 32.3 Å². The average molecular weight is 536 g/mol. The lowest BCUT2D eigenvalue weighted by Crippen LogP contribution is -2.36. The van der Waals surface area contributed by atoms with Gasteiger partial charge in [-0.1, -0.05) is 18.2 Å². The Morgan fingerprint density at radius 3 is 2.49 bits per heavy atom. The summed E-state index contributed by atoms with van der Waals surface area (Å²) in [5.41, 5.74) is 4.19. The first-order valence-electron chi connectivity index (χ1n) is 12.3. The number of ether oxygens (including phenoxy) is 6. The number of benzene rings is 3. The van der Waals surface area contributed by atoms with Crippen molar-refractivity contribution in [3.63, 3.8) is 0 Å². The van der Waals surface area contributed by atoms with Crippen LogP contribution in [0.3, 0.4) is 0 Å². The number of rotatable bonds is 6. The number of hydrogen-bond acceptors (Lipinski definition) is 9. The monoisotopic (exact) mass is 535 g/mol. The maximum absolute atomic E-state index is 13.2. The molecule has 39 heavy (non-hydrogen) atoms. The van der Waals surface area contributed by atoms with Crippen LogP contribution in [0.4, 0.5) is 5.69 Å². The van der Waals surface area contributed by atoms with Crippen LogP contribution in [0.1, 0.15) is 39.2 Å². The molecule has 0 aliphatic carbocycles. The second-order valence-corrected chi connectivity index (χ2v) is 9.46. The van der Waals surface area contributed by atoms with Gasteiger partial charge < -0.3 is 28.4 Å². The van der Waals surface area contributed by atoms with E-state index in [1.807, 2.05) is 19.2 Å². The van der Waals surface area contributed by atoms with Crippen molar-refractivity contribution < 1.29 is 43.3 Å². The quantitative estimate of drug-likeness (QED) is 0.361. The minimum absolute atomic E-state index is 0.00624. The van der Waals surface area contributed by atoms with Gasteiger partial charge in [0.2, 0.25) is 12.5 Å². The number of esters is 1. The molecular weight excluding hydrogens is 508 g/mol. The van der Waals surface area contributed by atoms with Crippen molar-refractivity contribution in [3.8, 4) is 39.9 Å². The molecule has 0 saturated carbocycles. The third kappa shape index (κ3) is 3.64. The van der Waals surface area contributed by atoms with Gasteiger partial charge in [-0.2, -0.15) is 0 Å². The largest absolute Gasteiger partial charge is 0.493 e. The minimum atomic E-state index is -0.681. The molecule has 0 fully saturated rings. The Labute approximate surface area is 223 Å². The van der Waals surface area contributed by atoms with Crippen molar-refractivity contribution in [1.82, 2.24) is 4.90 Å². The fraction of sp³-hybridized carbons (Fsp3) is 0.321. The van der Waals surface area contributed by atoms with Crippen molar-refractivity contribution in [1.29, 1.82) is 0 Å². The number of carbonyl (C=O) groups excluding carboxylic acids is 1. The molecule has 2 atom stereocenters. The van der Waals surface area contributed by atoms with Gasteiger partial charge in [0.25, 0.3) is 4.92 Å². The van der Waals surface area contributed by atoms with E-state index in [1.54, 1.807) is 25.3 Å². The maximum atomic E-state index is 13.2. The molecule has 3 aromatic rings. The summed E-state index contributed by atoms with van der Waals surface area (Å²) in [6.45, 7) is 0.630. The normalized spacial score (nSPS) is 19.2. The zero-order chi connectivity index (χ0) is 27.4. The van der Waals surface area contributed by atoms with Gasteiger partial charge >= 0.3 is 11.7 Å². The summed E-state index contributed by atoms with van der Waals surface area (Å²) in [5.74, 6) is 1.67. The Balaban J connectivity index is 1.60. The van der Waals surface area contributed by atoms with Gasteiger partial charge in [-0.15, -0.1) is 0 Å². The van der Waals surface area contributed by atoms with Crippen molar-refractivity contribution >= 4 is 11.7 Å². The molecule has 0 saturated heterocycles. The molecule has 1 N–H and O–H groups in total. The molecule has 3 aromatic carbocycles. The summed E-state index contributed by atoms with van der Waals surface area (Å²) in [6.07, 6.45) is -0.0615. The molecule has 3 heterocycles. The minimum Gasteiger partial charge on any atom is -0.493 e. The molecule has 202 valence electrons. The van der Waals surface area contributed by atoms with E-state index in [0.29, 0.717) is 58.4 Å². The number of carbonyl (C=O) groups is 1. The third-order valence-electron chi connectivity index (χ3n) is 7.57. The van der Waals surface area contributed by atoms with Gasteiger partial charge in [0.1, 0.15) is 11.7 Å². The van der Waals surface area contributed by atoms with E-state index in [1.165, 1.54) is 20.3 Å². The summed E-state index contributed by atoms with van der Waals surface area (Å²) in [5, 5.41) is 9.55. The summed E-state index contributed by atoms with van der Waals surface area (Å²) >= 11 is 0. The van der Waals surface area contributed by atoms with Crippen LogP contribution in [0, 0.1) is 4.91 Å². The molecule has 3 aliphatic heterocycles. The Morgan fingerprint density at radius 1 is 1.00 bits per heavy atom. The molecule has 0 amide bonds. The summed E-state index contributed by atoms with van der Waals surface area (Å²) in [4.78, 5) is 26.8. The predicted molar refractivity (Wildman–Crippen MR) is 136 cm³/mol. The maximum Gasteiger partial charge on any atom is 0.343 e. The standard InChI is InChI=1S/C28H27N2O9/c1-29-11-10-16-19(14-6-5-7-15(12-14)30(32)33)26-27(38-13-37-26)25(36-4)20(16)22(29)23-17-8-9-18(34-2)24(35-3)21(17)28(31)39-23/h5-9,12,22-23H,10-11,13H2,1-4H3,(H,32,33)/q+1/t22-,23+/m1/s1. The number of fused-ring (bicyclic) bond motifs is 3. The summed E-state index contributed by atoms with van der Waals surface area (Å²) in [7, 11) is 6.53. The smallest absolute Gasteiger partial charge is 0.343 e. The molecule has 0 unspecified atom stereocenters. The highest BCUT2D eigenvalue weighted by Crippen LogP contribution is 2.59. The molecule has 11 heteroatoms. The van der Waals surface area contributed by atoms with E-state index in [4.69, 9.17) is 28.4 Å². The first-order valence-corrected chi connectivity index (χ1v) is 12.3. The fourth-order valence-corrected chi connectivity index (χ4v) is 5.92. The number of hydrogen-bond donors (Lipinski definition) is 1. The molecule has 11 nitrogen and oxygen atoms in total. The van der Waals surface area contributed by atoms with Gasteiger partial charge in [-0.3, -0.25) is 4.90 Å². The first-order chi connectivity index (χ1) is 18.9. The van der Waals surface area contributed by atoms with E-state index >= 15 is 0 Å². The van der Waals surface area contributed by atoms with Gasteiger partial charge in [0.15, 0.2) is 23.0 Å². The van der Waals surface area contributed by atoms with E-state index in [0.717, 1.165) is 16.7 Å². The SMILES string of the molecule is COc1ccc2c(c1OC)C(=O)O[C@@H]2[C@H]1c2c(c(-c3cccc([N+](=O)O)c3)c3c(c2OC)OCO3)CCN1C. The lowest BCUT2D eigenvalue weighted by Gasteiger charge is -2.39. The molecule has 6 rings (SSSR count). The second kappa shape index (κ2) is 9.35. The van der Waals surface area contributed by atoms with Crippen LogP contribution in [0.5, 0.6) is 28.7 Å². The second-order valence-electron chi connectivity index (χ2n) is 9.46. The third-order valence-corrected chi connectivity index (χ3v) is 7.57. The molecular formula is C28H27N2O9+. The lowest BCUT2D eigenvalue weighted by atomic mass is 9.81. The zero-order valence-electron chi connectivity index (χ0n) is 21.8. The highest BCUT2D eigenvalue weighted by atomic mass is 16.7. The van der Waals surface area contributed by atoms with Crippen molar-refractivity contribution in [2.45, 2.75) is 18.6 Å². The van der Waals surface area contributed by atoms with Crippen LogP contribution in [-0.4, -0.2) is 62.7 Å². The van der Waals surface area contributed by atoms with Crippen LogP contribution < -0.4 is 23.7 Å². The van der Waals surface area contributed by atoms with E-state index < -0.39 is 18.1 Å². The first kappa shape index (κ1) is 24.8. The zero-order valence-corrected chi connectivity index (χ0v) is 21.8. The van der Waals surface area contributed by atoms with Crippen LogP contribution in [0.2, 0.25) is 0 Å². The molecule has 0 radical (unpaired) electrons. The molecule has 0 spiro atoms. The van der Waals surface area contributed by atoms with Crippen LogP contribution >= 0.6 is 0 Å². The summed E-state index contributed by atoms with van der Waals surface area (Å²) in [6, 6.07) is 9.76. The Kier molecular flexibility index (Phi) is 5.95. The van der Waals surface area contributed by atoms with E-state index in [9.17, 15) is 14.9 Å².